The normalized spacial score (nSPS) is 11.9. The third-order valence-corrected chi connectivity index (χ3v) is 3.49. The summed E-state index contributed by atoms with van der Waals surface area (Å²) in [5.74, 6) is -1.16. The number of hydrogen-bond acceptors (Lipinski definition) is 3. The van der Waals surface area contributed by atoms with Gasteiger partial charge in [-0.15, -0.1) is 0 Å². The summed E-state index contributed by atoms with van der Waals surface area (Å²) in [4.78, 5) is 15.7. The van der Waals surface area contributed by atoms with Crippen LogP contribution in [0, 0.1) is 0 Å². The van der Waals surface area contributed by atoms with Crippen LogP contribution in [0.25, 0.3) is 0 Å². The monoisotopic (exact) mass is 335 g/mol. The molecular formula is C15H14BrNO3. The lowest BCUT2D eigenvalue weighted by Gasteiger charge is -2.13. The molecule has 2 rings (SSSR count). The molecule has 0 fully saturated rings. The zero-order chi connectivity index (χ0) is 14.5. The Kier molecular flexibility index (Phi) is 4.74. The molecule has 1 aromatic heterocycles. The maximum absolute atomic E-state index is 11.5. The fourth-order valence-corrected chi connectivity index (χ4v) is 2.18. The van der Waals surface area contributed by atoms with E-state index in [-0.39, 0.29) is 0 Å². The molecule has 1 atom stereocenters. The third-order valence-electron chi connectivity index (χ3n) is 2.96. The largest absolute Gasteiger partial charge is 0.481 e. The Morgan fingerprint density at radius 1 is 1.30 bits per heavy atom. The van der Waals surface area contributed by atoms with Gasteiger partial charge >= 0.3 is 5.97 Å². The number of aromatic nitrogens is 1. The number of carboxylic acid groups (broad SMARTS) is 1. The van der Waals surface area contributed by atoms with Crippen molar-refractivity contribution < 1.29 is 14.6 Å². The molecule has 4 nitrogen and oxygen atoms in total. The quantitative estimate of drug-likeness (QED) is 0.910. The first-order chi connectivity index (χ1) is 9.60. The summed E-state index contributed by atoms with van der Waals surface area (Å²) in [5.41, 5.74) is 1.45. The first-order valence-corrected chi connectivity index (χ1v) is 6.87. The van der Waals surface area contributed by atoms with Gasteiger partial charge < -0.3 is 9.84 Å². The minimum atomic E-state index is -0.895. The Hall–Kier alpha value is -1.88. The van der Waals surface area contributed by atoms with E-state index in [1.165, 1.54) is 7.11 Å². The molecule has 0 amide bonds. The molecular weight excluding hydrogens is 322 g/mol. The molecule has 2 aromatic rings. The number of ether oxygens (including phenoxy) is 1. The number of pyridine rings is 1. The topological polar surface area (TPSA) is 59.4 Å². The van der Waals surface area contributed by atoms with E-state index < -0.39 is 11.9 Å². The van der Waals surface area contributed by atoms with Crippen molar-refractivity contribution in [2.45, 2.75) is 12.3 Å². The predicted octanol–water partition coefficient (Wildman–Crippen LogP) is 3.26. The van der Waals surface area contributed by atoms with Crippen LogP contribution in [0.3, 0.4) is 0 Å². The Morgan fingerprint density at radius 2 is 2.00 bits per heavy atom. The summed E-state index contributed by atoms with van der Waals surface area (Å²) in [6.45, 7) is 0. The Bertz CT molecular complexity index is 598. The number of benzene rings is 1. The standard InChI is InChI=1S/C15H14BrNO3/c1-20-14-4-2-3-13(17-14)12(15(18)19)9-10-5-7-11(16)8-6-10/h2-8,12H,9H2,1H3,(H,18,19). The van der Waals surface area contributed by atoms with Crippen LogP contribution < -0.4 is 4.74 Å². The second-order valence-corrected chi connectivity index (χ2v) is 5.24. The number of nitrogens with zero attached hydrogens (tertiary/aromatic N) is 1. The van der Waals surface area contributed by atoms with E-state index in [0.29, 0.717) is 18.0 Å². The maximum atomic E-state index is 11.5. The van der Waals surface area contributed by atoms with E-state index in [2.05, 4.69) is 20.9 Å². The summed E-state index contributed by atoms with van der Waals surface area (Å²) < 4.78 is 6.01. The lowest BCUT2D eigenvalue weighted by molar-refractivity contribution is -0.138. The summed E-state index contributed by atoms with van der Waals surface area (Å²) >= 11 is 3.36. The lowest BCUT2D eigenvalue weighted by Crippen LogP contribution is -2.16. The average Bonchev–Trinajstić information content (AvgIpc) is 2.46. The Balaban J connectivity index is 2.26. The van der Waals surface area contributed by atoms with Gasteiger partial charge in [-0.3, -0.25) is 4.79 Å². The molecule has 1 aromatic carbocycles. The van der Waals surface area contributed by atoms with Crippen molar-refractivity contribution in [3.63, 3.8) is 0 Å². The van der Waals surface area contributed by atoms with Gasteiger partial charge in [0, 0.05) is 10.5 Å². The summed E-state index contributed by atoms with van der Waals surface area (Å²) in [5, 5.41) is 9.42. The van der Waals surface area contributed by atoms with Gasteiger partial charge in [-0.2, -0.15) is 0 Å². The fourth-order valence-electron chi connectivity index (χ4n) is 1.91. The second-order valence-electron chi connectivity index (χ2n) is 4.33. The van der Waals surface area contributed by atoms with Gasteiger partial charge in [0.25, 0.3) is 0 Å². The van der Waals surface area contributed by atoms with Gasteiger partial charge in [0.2, 0.25) is 5.88 Å². The van der Waals surface area contributed by atoms with Crippen LogP contribution in [0.4, 0.5) is 0 Å². The molecule has 5 heteroatoms. The number of hydrogen-bond donors (Lipinski definition) is 1. The number of carboxylic acids is 1. The van der Waals surface area contributed by atoms with Crippen LogP contribution in [-0.2, 0) is 11.2 Å². The first-order valence-electron chi connectivity index (χ1n) is 6.08. The highest BCUT2D eigenvalue weighted by molar-refractivity contribution is 9.10. The van der Waals surface area contributed by atoms with Gasteiger partial charge in [0.1, 0.15) is 5.92 Å². The number of methoxy groups -OCH3 is 1. The van der Waals surface area contributed by atoms with Crippen LogP contribution in [0.1, 0.15) is 17.2 Å². The molecule has 1 unspecified atom stereocenters. The molecule has 0 aliphatic rings. The maximum Gasteiger partial charge on any atom is 0.312 e. The molecule has 0 aliphatic carbocycles. The van der Waals surface area contributed by atoms with Gasteiger partial charge in [-0.25, -0.2) is 4.98 Å². The summed E-state index contributed by atoms with van der Waals surface area (Å²) in [6.07, 6.45) is 0.392. The van der Waals surface area contributed by atoms with Crippen LogP contribution in [0.5, 0.6) is 5.88 Å². The predicted molar refractivity (Wildman–Crippen MR) is 79.0 cm³/mol. The van der Waals surface area contributed by atoms with Crippen molar-refractivity contribution in [3.05, 3.63) is 58.2 Å². The van der Waals surface area contributed by atoms with Crippen LogP contribution in [0.15, 0.2) is 46.9 Å². The van der Waals surface area contributed by atoms with Gasteiger partial charge in [0.15, 0.2) is 0 Å². The zero-order valence-corrected chi connectivity index (χ0v) is 12.5. The smallest absolute Gasteiger partial charge is 0.312 e. The highest BCUT2D eigenvalue weighted by Crippen LogP contribution is 2.22. The van der Waals surface area contributed by atoms with E-state index in [0.717, 1.165) is 10.0 Å². The number of halogens is 1. The summed E-state index contributed by atoms with van der Waals surface area (Å²) in [6, 6.07) is 12.8. The molecule has 20 heavy (non-hydrogen) atoms. The van der Waals surface area contributed by atoms with Crippen molar-refractivity contribution in [3.8, 4) is 5.88 Å². The van der Waals surface area contributed by atoms with Crippen molar-refractivity contribution in [2.24, 2.45) is 0 Å². The number of rotatable bonds is 5. The molecule has 0 spiro atoms. The molecule has 0 saturated heterocycles. The molecule has 1 N–H and O–H groups in total. The minimum absolute atomic E-state index is 0.392. The van der Waals surface area contributed by atoms with E-state index in [9.17, 15) is 9.90 Å². The third kappa shape index (κ3) is 3.57. The van der Waals surface area contributed by atoms with E-state index in [1.54, 1.807) is 18.2 Å². The fraction of sp³-hybridized carbons (Fsp3) is 0.200. The molecule has 0 radical (unpaired) electrons. The van der Waals surface area contributed by atoms with Gasteiger partial charge in [-0.05, 0) is 30.2 Å². The molecule has 0 bridgehead atoms. The molecule has 0 saturated carbocycles. The molecule has 1 heterocycles. The SMILES string of the molecule is COc1cccc(C(Cc2ccc(Br)cc2)C(=O)O)n1. The second kappa shape index (κ2) is 6.52. The van der Waals surface area contributed by atoms with E-state index >= 15 is 0 Å². The average molecular weight is 336 g/mol. The summed E-state index contributed by atoms with van der Waals surface area (Å²) in [7, 11) is 1.51. The number of aliphatic carboxylic acids is 1. The minimum Gasteiger partial charge on any atom is -0.481 e. The van der Waals surface area contributed by atoms with Crippen molar-refractivity contribution >= 4 is 21.9 Å². The number of carbonyl (C=O) groups is 1. The Labute approximate surface area is 125 Å². The highest BCUT2D eigenvalue weighted by Gasteiger charge is 2.22. The van der Waals surface area contributed by atoms with Crippen molar-refractivity contribution in [2.75, 3.05) is 7.11 Å². The molecule has 104 valence electrons. The Morgan fingerprint density at radius 3 is 2.60 bits per heavy atom. The van der Waals surface area contributed by atoms with E-state index in [4.69, 9.17) is 4.74 Å². The first kappa shape index (κ1) is 14.5. The highest BCUT2D eigenvalue weighted by atomic mass is 79.9. The molecule has 0 aliphatic heterocycles. The van der Waals surface area contributed by atoms with Gasteiger partial charge in [0.05, 0.1) is 12.8 Å². The zero-order valence-electron chi connectivity index (χ0n) is 10.9. The van der Waals surface area contributed by atoms with Gasteiger partial charge in [-0.1, -0.05) is 34.1 Å². The van der Waals surface area contributed by atoms with Crippen LogP contribution in [0.2, 0.25) is 0 Å². The van der Waals surface area contributed by atoms with Crippen LogP contribution in [-0.4, -0.2) is 23.2 Å². The van der Waals surface area contributed by atoms with Crippen LogP contribution >= 0.6 is 15.9 Å². The lowest BCUT2D eigenvalue weighted by atomic mass is 9.96. The van der Waals surface area contributed by atoms with Crippen molar-refractivity contribution in [1.29, 1.82) is 0 Å². The van der Waals surface area contributed by atoms with Crippen molar-refractivity contribution in [1.82, 2.24) is 4.98 Å². The van der Waals surface area contributed by atoms with E-state index in [1.807, 2.05) is 24.3 Å².